The molecule has 2 rings (SSSR count). The van der Waals surface area contributed by atoms with E-state index in [0.29, 0.717) is 10.6 Å². The maximum absolute atomic E-state index is 12.3. The monoisotopic (exact) mass is 312 g/mol. The molecule has 0 atom stereocenters. The molecule has 0 aliphatic rings. The van der Waals surface area contributed by atoms with E-state index in [4.69, 9.17) is 5.73 Å². The smallest absolute Gasteiger partial charge is 0.399 e. The van der Waals surface area contributed by atoms with E-state index in [2.05, 4.69) is 0 Å². The highest BCUT2D eigenvalue weighted by Crippen LogP contribution is 2.34. The Kier molecular flexibility index (Phi) is 4.42. The third-order valence-electron chi connectivity index (χ3n) is 2.50. The van der Waals surface area contributed by atoms with E-state index in [0.717, 1.165) is 4.90 Å². The van der Waals surface area contributed by atoms with Gasteiger partial charge in [0.25, 0.3) is 0 Å². The number of amides is 1. The molecular weight excluding hydrogens is 301 g/mol. The van der Waals surface area contributed by atoms with Gasteiger partial charge in [-0.2, -0.15) is 13.2 Å². The number of para-hydroxylation sites is 1. The van der Waals surface area contributed by atoms with Crippen molar-refractivity contribution >= 4 is 29.0 Å². The summed E-state index contributed by atoms with van der Waals surface area (Å²) in [6.45, 7) is 0. The summed E-state index contributed by atoms with van der Waals surface area (Å²) in [6.07, 6.45) is -4.92. The summed E-state index contributed by atoms with van der Waals surface area (Å²) >= 11 is 1.24. The minimum absolute atomic E-state index is 0.113. The molecule has 0 bridgehead atoms. The average molecular weight is 312 g/mol. The Morgan fingerprint density at radius 1 is 1.05 bits per heavy atom. The molecule has 3 nitrogen and oxygen atoms in total. The number of nitrogen functional groups attached to an aromatic ring is 1. The molecule has 110 valence electrons. The average Bonchev–Trinajstić information content (AvgIpc) is 2.42. The number of hydrogen-bond acceptors (Lipinski definition) is 3. The highest BCUT2D eigenvalue weighted by Gasteiger charge is 2.38. The van der Waals surface area contributed by atoms with Gasteiger partial charge in [-0.3, -0.25) is 4.79 Å². The first-order chi connectivity index (χ1) is 9.86. The Balaban J connectivity index is 2.21. The number of nitrogens with one attached hydrogen (secondary N) is 1. The molecule has 0 aromatic heterocycles. The normalized spacial score (nSPS) is 11.2. The zero-order valence-electron chi connectivity index (χ0n) is 10.6. The van der Waals surface area contributed by atoms with Gasteiger partial charge in [0.2, 0.25) is 0 Å². The lowest BCUT2D eigenvalue weighted by Crippen LogP contribution is -2.30. The summed E-state index contributed by atoms with van der Waals surface area (Å²) < 4.78 is 36.9. The SMILES string of the molecule is Nc1ccc(Sc2ccccc2NC(=O)C(F)(F)F)cc1. The molecule has 0 fully saturated rings. The van der Waals surface area contributed by atoms with Crippen LogP contribution in [-0.4, -0.2) is 12.1 Å². The Morgan fingerprint density at radius 3 is 2.29 bits per heavy atom. The zero-order chi connectivity index (χ0) is 15.5. The van der Waals surface area contributed by atoms with Crippen molar-refractivity contribution in [3.63, 3.8) is 0 Å². The predicted octanol–water partition coefficient (Wildman–Crippen LogP) is 3.92. The van der Waals surface area contributed by atoms with Crippen molar-refractivity contribution in [3.8, 4) is 0 Å². The first-order valence-corrected chi connectivity index (χ1v) is 6.68. The number of carbonyl (C=O) groups is 1. The third-order valence-corrected chi connectivity index (χ3v) is 3.58. The van der Waals surface area contributed by atoms with Gasteiger partial charge in [0, 0.05) is 15.5 Å². The summed E-state index contributed by atoms with van der Waals surface area (Å²) in [6, 6.07) is 13.2. The second-order valence-corrected chi connectivity index (χ2v) is 5.23. The number of alkyl halides is 3. The van der Waals surface area contributed by atoms with E-state index in [-0.39, 0.29) is 5.69 Å². The van der Waals surface area contributed by atoms with E-state index < -0.39 is 12.1 Å². The van der Waals surface area contributed by atoms with E-state index in [1.807, 2.05) is 5.32 Å². The minimum Gasteiger partial charge on any atom is -0.399 e. The van der Waals surface area contributed by atoms with Crippen LogP contribution in [0.15, 0.2) is 58.3 Å². The van der Waals surface area contributed by atoms with Crippen LogP contribution in [0.5, 0.6) is 0 Å². The van der Waals surface area contributed by atoms with Crippen molar-refractivity contribution in [2.24, 2.45) is 0 Å². The molecular formula is C14H11F3N2OS. The van der Waals surface area contributed by atoms with Crippen LogP contribution < -0.4 is 11.1 Å². The number of benzene rings is 2. The number of anilines is 2. The number of hydrogen-bond donors (Lipinski definition) is 2. The fourth-order valence-corrected chi connectivity index (χ4v) is 2.42. The fraction of sp³-hybridized carbons (Fsp3) is 0.0714. The lowest BCUT2D eigenvalue weighted by Gasteiger charge is -2.12. The van der Waals surface area contributed by atoms with Crippen molar-refractivity contribution < 1.29 is 18.0 Å². The summed E-state index contributed by atoms with van der Waals surface area (Å²) in [5.41, 5.74) is 6.28. The Hall–Kier alpha value is -2.15. The van der Waals surface area contributed by atoms with Gasteiger partial charge < -0.3 is 11.1 Å². The van der Waals surface area contributed by atoms with Crippen LogP contribution in [0.1, 0.15) is 0 Å². The molecule has 1 amide bonds. The second kappa shape index (κ2) is 6.09. The second-order valence-electron chi connectivity index (χ2n) is 4.12. The molecule has 0 saturated heterocycles. The molecule has 2 aromatic rings. The van der Waals surface area contributed by atoms with Crippen LogP contribution in [0, 0.1) is 0 Å². The van der Waals surface area contributed by atoms with E-state index in [9.17, 15) is 18.0 Å². The lowest BCUT2D eigenvalue weighted by molar-refractivity contribution is -0.167. The molecule has 21 heavy (non-hydrogen) atoms. The van der Waals surface area contributed by atoms with Crippen molar-refractivity contribution in [2.75, 3.05) is 11.1 Å². The van der Waals surface area contributed by atoms with E-state index >= 15 is 0 Å². The maximum atomic E-state index is 12.3. The van der Waals surface area contributed by atoms with Gasteiger partial charge in [0.05, 0.1) is 5.69 Å². The summed E-state index contributed by atoms with van der Waals surface area (Å²) in [4.78, 5) is 12.3. The third kappa shape index (κ3) is 4.16. The van der Waals surface area contributed by atoms with Crippen LogP contribution in [0.2, 0.25) is 0 Å². The fourth-order valence-electron chi connectivity index (χ4n) is 1.51. The van der Waals surface area contributed by atoms with Crippen LogP contribution in [-0.2, 0) is 4.79 Å². The molecule has 0 unspecified atom stereocenters. The Labute approximate surface area is 123 Å². The van der Waals surface area contributed by atoms with Gasteiger partial charge >= 0.3 is 12.1 Å². The van der Waals surface area contributed by atoms with E-state index in [1.54, 1.807) is 42.5 Å². The Morgan fingerprint density at radius 2 is 1.67 bits per heavy atom. The largest absolute Gasteiger partial charge is 0.471 e. The molecule has 0 aliphatic carbocycles. The van der Waals surface area contributed by atoms with Crippen molar-refractivity contribution in [1.29, 1.82) is 0 Å². The standard InChI is InChI=1S/C14H11F3N2OS/c15-14(16,17)13(20)19-11-3-1-2-4-12(11)21-10-7-5-9(18)6-8-10/h1-8H,18H2,(H,19,20). The molecule has 2 aromatic carbocycles. The highest BCUT2D eigenvalue weighted by atomic mass is 32.2. The number of rotatable bonds is 3. The van der Waals surface area contributed by atoms with Crippen molar-refractivity contribution in [3.05, 3.63) is 48.5 Å². The summed E-state index contributed by atoms with van der Waals surface area (Å²) in [5, 5.41) is 1.87. The molecule has 3 N–H and O–H groups in total. The van der Waals surface area contributed by atoms with Gasteiger partial charge in [-0.05, 0) is 36.4 Å². The Bertz CT molecular complexity index is 641. The molecule has 0 spiro atoms. The molecule has 0 radical (unpaired) electrons. The summed E-state index contributed by atoms with van der Waals surface area (Å²) in [5.74, 6) is -1.99. The molecule has 0 aliphatic heterocycles. The number of nitrogens with two attached hydrogens (primary N) is 1. The van der Waals surface area contributed by atoms with Gasteiger partial charge in [-0.15, -0.1) is 0 Å². The first-order valence-electron chi connectivity index (χ1n) is 5.87. The quantitative estimate of drug-likeness (QED) is 0.845. The van der Waals surface area contributed by atoms with Crippen molar-refractivity contribution in [1.82, 2.24) is 0 Å². The zero-order valence-corrected chi connectivity index (χ0v) is 11.5. The molecule has 0 heterocycles. The maximum Gasteiger partial charge on any atom is 0.471 e. The van der Waals surface area contributed by atoms with Crippen LogP contribution >= 0.6 is 11.8 Å². The van der Waals surface area contributed by atoms with Crippen LogP contribution in [0.25, 0.3) is 0 Å². The first kappa shape index (κ1) is 15.2. The molecule has 7 heteroatoms. The minimum atomic E-state index is -4.92. The number of halogens is 3. The predicted molar refractivity (Wildman–Crippen MR) is 76.1 cm³/mol. The van der Waals surface area contributed by atoms with Crippen molar-refractivity contribution in [2.45, 2.75) is 16.0 Å². The van der Waals surface area contributed by atoms with Gasteiger partial charge in [-0.25, -0.2) is 0 Å². The number of carbonyl (C=O) groups excluding carboxylic acids is 1. The van der Waals surface area contributed by atoms with Gasteiger partial charge in [0.15, 0.2) is 0 Å². The van der Waals surface area contributed by atoms with Gasteiger partial charge in [-0.1, -0.05) is 23.9 Å². The lowest BCUT2D eigenvalue weighted by atomic mass is 10.3. The highest BCUT2D eigenvalue weighted by molar-refractivity contribution is 7.99. The molecule has 0 saturated carbocycles. The van der Waals surface area contributed by atoms with Crippen LogP contribution in [0.4, 0.5) is 24.5 Å². The van der Waals surface area contributed by atoms with E-state index in [1.165, 1.54) is 17.8 Å². The van der Waals surface area contributed by atoms with Crippen LogP contribution in [0.3, 0.4) is 0 Å². The topological polar surface area (TPSA) is 55.1 Å². The summed E-state index contributed by atoms with van der Waals surface area (Å²) in [7, 11) is 0. The van der Waals surface area contributed by atoms with Gasteiger partial charge in [0.1, 0.15) is 0 Å².